The normalized spacial score (nSPS) is 12.6. The van der Waals surface area contributed by atoms with Gasteiger partial charge in [-0.3, -0.25) is 0 Å². The number of benzene rings is 3. The molecule has 0 aromatic heterocycles. The van der Waals surface area contributed by atoms with Crippen LogP contribution in [0.4, 0.5) is 0 Å². The number of rotatable bonds is 3. The molecule has 0 aliphatic rings. The molecule has 0 spiro atoms. The number of hydrogen-bond donors (Lipinski definition) is 0. The summed E-state index contributed by atoms with van der Waals surface area (Å²) in [5.41, 5.74) is 0. The summed E-state index contributed by atoms with van der Waals surface area (Å²) in [5, 5.41) is 4.83. The number of fused-ring (bicyclic) bond motifs is 3. The summed E-state index contributed by atoms with van der Waals surface area (Å²) in [7, 11) is -0.172. The van der Waals surface area contributed by atoms with Gasteiger partial charge in [-0.1, -0.05) is 51.1 Å². The predicted molar refractivity (Wildman–Crippen MR) is 106 cm³/mol. The maximum absolute atomic E-state index is 6.61. The van der Waals surface area contributed by atoms with E-state index >= 15 is 0 Å². The molecule has 0 radical (unpaired) electrons. The minimum absolute atomic E-state index is 0.163. The van der Waals surface area contributed by atoms with Crippen molar-refractivity contribution < 1.29 is 9.16 Å². The first-order chi connectivity index (χ1) is 11.2. The lowest BCUT2D eigenvalue weighted by molar-refractivity contribution is 0.419. The highest BCUT2D eigenvalue weighted by atomic mass is 28.4. The largest absolute Gasteiger partial charge is 0.543 e. The predicted octanol–water partition coefficient (Wildman–Crippen LogP) is 6.39. The molecule has 0 aliphatic heterocycles. The maximum Gasteiger partial charge on any atom is 0.250 e. The summed E-state index contributed by atoms with van der Waals surface area (Å²) in [6, 6.07) is 16.8. The van der Waals surface area contributed by atoms with Crippen LogP contribution in [-0.2, 0) is 0 Å². The fraction of sp³-hybridized carbons (Fsp3) is 0.333. The van der Waals surface area contributed by atoms with Gasteiger partial charge in [0.2, 0.25) is 0 Å². The van der Waals surface area contributed by atoms with E-state index in [0.717, 1.165) is 22.3 Å². The SMILES string of the molecule is COc1ccc(O[Si](C)(C)C(C)(C)C)c2ccc3ccccc3c12. The van der Waals surface area contributed by atoms with Crippen LogP contribution in [0.15, 0.2) is 48.5 Å². The van der Waals surface area contributed by atoms with E-state index in [2.05, 4.69) is 76.3 Å². The zero-order valence-corrected chi connectivity index (χ0v) is 16.4. The average molecular weight is 339 g/mol. The Hall–Kier alpha value is -2.00. The Balaban J connectivity index is 2.26. The van der Waals surface area contributed by atoms with Crippen molar-refractivity contribution in [2.24, 2.45) is 0 Å². The van der Waals surface area contributed by atoms with Gasteiger partial charge in [0.05, 0.1) is 7.11 Å². The number of ether oxygens (including phenoxy) is 1. The van der Waals surface area contributed by atoms with E-state index in [0.29, 0.717) is 0 Å². The monoisotopic (exact) mass is 338 g/mol. The highest BCUT2D eigenvalue weighted by molar-refractivity contribution is 6.74. The van der Waals surface area contributed by atoms with Crippen LogP contribution in [0.25, 0.3) is 21.5 Å². The van der Waals surface area contributed by atoms with E-state index in [9.17, 15) is 0 Å². The summed E-state index contributed by atoms with van der Waals surface area (Å²) in [6.45, 7) is 11.4. The van der Waals surface area contributed by atoms with E-state index in [-0.39, 0.29) is 5.04 Å². The third-order valence-corrected chi connectivity index (χ3v) is 9.56. The molecule has 126 valence electrons. The highest BCUT2D eigenvalue weighted by Crippen LogP contribution is 2.42. The number of methoxy groups -OCH3 is 1. The van der Waals surface area contributed by atoms with Gasteiger partial charge < -0.3 is 9.16 Å². The van der Waals surface area contributed by atoms with Crippen molar-refractivity contribution >= 4 is 29.9 Å². The Bertz CT molecular complexity index is 891. The first-order valence-corrected chi connectivity index (χ1v) is 11.3. The van der Waals surface area contributed by atoms with Crippen molar-refractivity contribution in [2.45, 2.75) is 38.9 Å². The van der Waals surface area contributed by atoms with Crippen molar-refractivity contribution in [3.05, 3.63) is 48.5 Å². The molecule has 3 rings (SSSR count). The van der Waals surface area contributed by atoms with E-state index < -0.39 is 8.32 Å². The number of hydrogen-bond acceptors (Lipinski definition) is 2. The topological polar surface area (TPSA) is 18.5 Å². The van der Waals surface area contributed by atoms with E-state index in [4.69, 9.17) is 9.16 Å². The molecular weight excluding hydrogens is 312 g/mol. The van der Waals surface area contributed by atoms with E-state index in [1.807, 2.05) is 6.07 Å². The molecule has 2 nitrogen and oxygen atoms in total. The first kappa shape index (κ1) is 16.8. The lowest BCUT2D eigenvalue weighted by Crippen LogP contribution is -2.43. The fourth-order valence-corrected chi connectivity index (χ4v) is 3.79. The molecule has 0 amide bonds. The van der Waals surface area contributed by atoms with E-state index in [1.54, 1.807) is 7.11 Å². The molecule has 0 N–H and O–H groups in total. The maximum atomic E-state index is 6.61. The smallest absolute Gasteiger partial charge is 0.250 e. The second kappa shape index (κ2) is 5.82. The Morgan fingerprint density at radius 1 is 0.792 bits per heavy atom. The van der Waals surface area contributed by atoms with Gasteiger partial charge >= 0.3 is 0 Å². The standard InChI is InChI=1S/C21H26O2Si/c1-21(2,3)24(5,6)23-18-13-14-19(22-4)20-16-10-8-7-9-15(16)11-12-17(18)20/h7-14H,1-6H3. The van der Waals surface area contributed by atoms with Crippen molar-refractivity contribution in [3.8, 4) is 11.5 Å². The summed E-state index contributed by atoms with van der Waals surface area (Å²) in [6.07, 6.45) is 0. The van der Waals surface area contributed by atoms with Crippen molar-refractivity contribution in [3.63, 3.8) is 0 Å². The molecule has 0 unspecified atom stereocenters. The van der Waals surface area contributed by atoms with Crippen molar-refractivity contribution in [1.82, 2.24) is 0 Å². The van der Waals surface area contributed by atoms with Gasteiger partial charge in [-0.15, -0.1) is 0 Å². The Morgan fingerprint density at radius 3 is 2.12 bits per heavy atom. The van der Waals surface area contributed by atoms with Gasteiger partial charge in [0.15, 0.2) is 0 Å². The summed E-state index contributed by atoms with van der Waals surface area (Å²) in [4.78, 5) is 0. The summed E-state index contributed by atoms with van der Waals surface area (Å²) in [5.74, 6) is 1.85. The van der Waals surface area contributed by atoms with Crippen LogP contribution in [0.1, 0.15) is 20.8 Å². The van der Waals surface area contributed by atoms with Crippen LogP contribution in [0, 0.1) is 0 Å². The van der Waals surface area contributed by atoms with Crippen LogP contribution in [0.2, 0.25) is 18.1 Å². The molecule has 24 heavy (non-hydrogen) atoms. The second-order valence-corrected chi connectivity index (χ2v) is 12.6. The molecule has 3 aromatic rings. The minimum Gasteiger partial charge on any atom is -0.543 e. The summed E-state index contributed by atoms with van der Waals surface area (Å²) < 4.78 is 12.3. The fourth-order valence-electron chi connectivity index (χ4n) is 2.75. The van der Waals surface area contributed by atoms with Crippen molar-refractivity contribution in [2.75, 3.05) is 7.11 Å². The van der Waals surface area contributed by atoms with Crippen LogP contribution >= 0.6 is 0 Å². The Morgan fingerprint density at radius 2 is 1.46 bits per heavy atom. The van der Waals surface area contributed by atoms with E-state index in [1.165, 1.54) is 10.8 Å². The molecule has 0 aliphatic carbocycles. The first-order valence-electron chi connectivity index (χ1n) is 8.42. The van der Waals surface area contributed by atoms with Gasteiger partial charge in [0, 0.05) is 10.8 Å². The second-order valence-electron chi connectivity index (χ2n) is 7.84. The van der Waals surface area contributed by atoms with Crippen LogP contribution < -0.4 is 9.16 Å². The zero-order valence-electron chi connectivity index (χ0n) is 15.4. The molecule has 0 heterocycles. The van der Waals surface area contributed by atoms with Gasteiger partial charge in [0.1, 0.15) is 11.5 Å². The third kappa shape index (κ3) is 2.77. The molecule has 0 saturated carbocycles. The molecule has 0 atom stereocenters. The molecule has 0 saturated heterocycles. The zero-order chi connectivity index (χ0) is 17.5. The molecule has 0 bridgehead atoms. The molecule has 3 heteroatoms. The average Bonchev–Trinajstić information content (AvgIpc) is 2.53. The Kier molecular flexibility index (Phi) is 4.08. The quantitative estimate of drug-likeness (QED) is 0.407. The Labute approximate surface area is 145 Å². The van der Waals surface area contributed by atoms with Gasteiger partial charge in [-0.2, -0.15) is 0 Å². The van der Waals surface area contributed by atoms with Gasteiger partial charge in [-0.25, -0.2) is 0 Å². The van der Waals surface area contributed by atoms with Gasteiger partial charge in [-0.05, 0) is 47.1 Å². The molecule has 0 fully saturated rings. The van der Waals surface area contributed by atoms with Crippen LogP contribution in [0.3, 0.4) is 0 Å². The lowest BCUT2D eigenvalue weighted by Gasteiger charge is -2.36. The van der Waals surface area contributed by atoms with Crippen molar-refractivity contribution in [1.29, 1.82) is 0 Å². The molecule has 3 aromatic carbocycles. The van der Waals surface area contributed by atoms with Crippen LogP contribution in [-0.4, -0.2) is 15.4 Å². The van der Waals surface area contributed by atoms with Crippen LogP contribution in [0.5, 0.6) is 11.5 Å². The molecular formula is C21H26O2Si. The van der Waals surface area contributed by atoms with Gasteiger partial charge in [0.25, 0.3) is 8.32 Å². The highest BCUT2D eigenvalue weighted by Gasteiger charge is 2.39. The third-order valence-electron chi connectivity index (χ3n) is 5.22. The summed E-state index contributed by atoms with van der Waals surface area (Å²) >= 11 is 0. The lowest BCUT2D eigenvalue weighted by atomic mass is 10.0. The minimum atomic E-state index is -1.90.